The summed E-state index contributed by atoms with van der Waals surface area (Å²) < 4.78 is 15.3. The number of rotatable bonds is 7. The molecular weight excluding hydrogens is 358 g/mol. The molecule has 2 aromatic rings. The van der Waals surface area contributed by atoms with Crippen LogP contribution in [0.1, 0.15) is 28.9 Å². The first-order valence-corrected chi connectivity index (χ1v) is 8.26. The van der Waals surface area contributed by atoms with Crippen LogP contribution in [0.25, 0.3) is 0 Å². The predicted octanol–water partition coefficient (Wildman–Crippen LogP) is 3.39. The van der Waals surface area contributed by atoms with E-state index in [1.54, 1.807) is 18.2 Å². The maximum Gasteiger partial charge on any atom is 0.338 e. The van der Waals surface area contributed by atoms with Gasteiger partial charge in [0.2, 0.25) is 0 Å². The number of benzene rings is 2. The molecule has 0 aliphatic carbocycles. The molecule has 26 heavy (non-hydrogen) atoms. The summed E-state index contributed by atoms with van der Waals surface area (Å²) in [5, 5.41) is 3.38. The maximum absolute atomic E-state index is 12.1. The van der Waals surface area contributed by atoms with Crippen LogP contribution in [-0.2, 0) is 9.53 Å². The Bertz CT molecular complexity index is 776. The monoisotopic (exact) mass is 377 g/mol. The zero-order valence-corrected chi connectivity index (χ0v) is 15.5. The second-order valence-corrected chi connectivity index (χ2v) is 5.92. The molecule has 138 valence electrons. The van der Waals surface area contributed by atoms with Crippen LogP contribution >= 0.6 is 11.6 Å². The SMILES string of the molecule is COc1ccc(C(=O)OCC(=O)NC(C)c2ccc(Cl)cc2)cc1OC. The Balaban J connectivity index is 1.90. The lowest BCUT2D eigenvalue weighted by molar-refractivity contribution is -0.124. The normalized spacial score (nSPS) is 11.4. The summed E-state index contributed by atoms with van der Waals surface area (Å²) in [5.74, 6) is -0.122. The van der Waals surface area contributed by atoms with Crippen LogP contribution in [0.15, 0.2) is 42.5 Å². The number of carbonyl (C=O) groups excluding carboxylic acids is 2. The van der Waals surface area contributed by atoms with Crippen molar-refractivity contribution >= 4 is 23.5 Å². The van der Waals surface area contributed by atoms with Crippen molar-refractivity contribution in [2.45, 2.75) is 13.0 Å². The summed E-state index contributed by atoms with van der Waals surface area (Å²) in [6.45, 7) is 1.45. The Morgan fingerprint density at radius 2 is 1.69 bits per heavy atom. The number of methoxy groups -OCH3 is 2. The van der Waals surface area contributed by atoms with E-state index in [4.69, 9.17) is 25.8 Å². The van der Waals surface area contributed by atoms with E-state index in [0.717, 1.165) is 5.56 Å². The van der Waals surface area contributed by atoms with Gasteiger partial charge in [-0.15, -0.1) is 0 Å². The van der Waals surface area contributed by atoms with Crippen molar-refractivity contribution in [1.82, 2.24) is 5.32 Å². The van der Waals surface area contributed by atoms with Crippen LogP contribution in [0.5, 0.6) is 11.5 Å². The number of hydrogen-bond acceptors (Lipinski definition) is 5. The molecule has 0 aliphatic rings. The topological polar surface area (TPSA) is 73.9 Å². The Morgan fingerprint density at radius 1 is 1.04 bits per heavy atom. The van der Waals surface area contributed by atoms with Crippen molar-refractivity contribution in [3.05, 3.63) is 58.6 Å². The van der Waals surface area contributed by atoms with Crippen molar-refractivity contribution in [3.63, 3.8) is 0 Å². The van der Waals surface area contributed by atoms with E-state index in [2.05, 4.69) is 5.32 Å². The van der Waals surface area contributed by atoms with E-state index in [1.807, 2.05) is 19.1 Å². The molecule has 0 aromatic heterocycles. The Labute approximate surface area is 157 Å². The minimum atomic E-state index is -0.625. The summed E-state index contributed by atoms with van der Waals surface area (Å²) in [7, 11) is 2.97. The van der Waals surface area contributed by atoms with E-state index in [1.165, 1.54) is 26.4 Å². The van der Waals surface area contributed by atoms with Crippen molar-refractivity contribution in [2.24, 2.45) is 0 Å². The van der Waals surface area contributed by atoms with Crippen molar-refractivity contribution in [1.29, 1.82) is 0 Å². The Morgan fingerprint density at radius 3 is 2.31 bits per heavy atom. The first-order valence-electron chi connectivity index (χ1n) is 7.88. The van der Waals surface area contributed by atoms with E-state index in [9.17, 15) is 9.59 Å². The summed E-state index contributed by atoms with van der Waals surface area (Å²) in [4.78, 5) is 24.1. The van der Waals surface area contributed by atoms with E-state index in [0.29, 0.717) is 16.5 Å². The van der Waals surface area contributed by atoms with Crippen molar-refractivity contribution in [3.8, 4) is 11.5 Å². The van der Waals surface area contributed by atoms with E-state index in [-0.39, 0.29) is 18.2 Å². The summed E-state index contributed by atoms with van der Waals surface area (Å²) in [6.07, 6.45) is 0. The van der Waals surface area contributed by atoms with Gasteiger partial charge in [0.15, 0.2) is 18.1 Å². The van der Waals surface area contributed by atoms with Gasteiger partial charge >= 0.3 is 5.97 Å². The third-order valence-electron chi connectivity index (χ3n) is 3.70. The molecule has 0 radical (unpaired) electrons. The number of hydrogen-bond donors (Lipinski definition) is 1. The van der Waals surface area contributed by atoms with Crippen LogP contribution in [0, 0.1) is 0 Å². The second-order valence-electron chi connectivity index (χ2n) is 5.49. The number of halogens is 1. The van der Waals surface area contributed by atoms with Crippen LogP contribution in [-0.4, -0.2) is 32.7 Å². The molecular formula is C19H20ClNO5. The second kappa shape index (κ2) is 9.10. The smallest absolute Gasteiger partial charge is 0.338 e. The molecule has 0 fully saturated rings. The molecule has 0 saturated heterocycles. The molecule has 0 heterocycles. The van der Waals surface area contributed by atoms with Gasteiger partial charge in [-0.25, -0.2) is 4.79 Å². The van der Waals surface area contributed by atoms with Crippen LogP contribution in [0.4, 0.5) is 0 Å². The molecule has 2 aromatic carbocycles. The highest BCUT2D eigenvalue weighted by molar-refractivity contribution is 6.30. The molecule has 1 amide bonds. The van der Waals surface area contributed by atoms with Gasteiger partial charge < -0.3 is 19.5 Å². The van der Waals surface area contributed by atoms with Gasteiger partial charge in [0, 0.05) is 5.02 Å². The van der Waals surface area contributed by atoms with Gasteiger partial charge in [0.1, 0.15) is 0 Å². The first kappa shape index (κ1) is 19.6. The Kier molecular flexibility index (Phi) is 6.86. The van der Waals surface area contributed by atoms with E-state index < -0.39 is 11.9 Å². The summed E-state index contributed by atoms with van der Waals surface area (Å²) in [5.41, 5.74) is 1.16. The lowest BCUT2D eigenvalue weighted by Gasteiger charge is -2.14. The number of amides is 1. The molecule has 7 heteroatoms. The summed E-state index contributed by atoms with van der Waals surface area (Å²) in [6, 6.07) is 11.5. The maximum atomic E-state index is 12.1. The minimum absolute atomic E-state index is 0.237. The average molecular weight is 378 g/mol. The number of ether oxygens (including phenoxy) is 3. The van der Waals surface area contributed by atoms with Crippen LogP contribution in [0.2, 0.25) is 5.02 Å². The highest BCUT2D eigenvalue weighted by atomic mass is 35.5. The number of nitrogens with one attached hydrogen (secondary N) is 1. The van der Waals surface area contributed by atoms with Gasteiger partial charge in [-0.05, 0) is 42.8 Å². The fourth-order valence-corrected chi connectivity index (χ4v) is 2.42. The highest BCUT2D eigenvalue weighted by Gasteiger charge is 2.15. The molecule has 0 aliphatic heterocycles. The van der Waals surface area contributed by atoms with Crippen LogP contribution < -0.4 is 14.8 Å². The molecule has 0 saturated carbocycles. The van der Waals surface area contributed by atoms with E-state index >= 15 is 0 Å². The summed E-state index contributed by atoms with van der Waals surface area (Å²) >= 11 is 5.84. The molecule has 0 spiro atoms. The van der Waals surface area contributed by atoms with Gasteiger partial charge in [-0.1, -0.05) is 23.7 Å². The zero-order chi connectivity index (χ0) is 19.1. The van der Waals surface area contributed by atoms with Crippen molar-refractivity contribution in [2.75, 3.05) is 20.8 Å². The van der Waals surface area contributed by atoms with Gasteiger partial charge in [0.25, 0.3) is 5.91 Å². The molecule has 1 atom stereocenters. The first-order chi connectivity index (χ1) is 12.4. The average Bonchev–Trinajstić information content (AvgIpc) is 2.65. The Hall–Kier alpha value is -2.73. The largest absolute Gasteiger partial charge is 0.493 e. The lowest BCUT2D eigenvalue weighted by atomic mass is 10.1. The highest BCUT2D eigenvalue weighted by Crippen LogP contribution is 2.27. The van der Waals surface area contributed by atoms with Crippen molar-refractivity contribution < 1.29 is 23.8 Å². The minimum Gasteiger partial charge on any atom is -0.493 e. The molecule has 0 bridgehead atoms. The lowest BCUT2D eigenvalue weighted by Crippen LogP contribution is -2.31. The van der Waals surface area contributed by atoms with Gasteiger partial charge in [-0.3, -0.25) is 4.79 Å². The quantitative estimate of drug-likeness (QED) is 0.748. The third-order valence-corrected chi connectivity index (χ3v) is 3.95. The molecule has 6 nitrogen and oxygen atoms in total. The fraction of sp³-hybridized carbons (Fsp3) is 0.263. The number of carbonyl (C=O) groups is 2. The van der Waals surface area contributed by atoms with Gasteiger partial charge in [-0.2, -0.15) is 0 Å². The molecule has 1 unspecified atom stereocenters. The molecule has 1 N–H and O–H groups in total. The zero-order valence-electron chi connectivity index (χ0n) is 14.7. The fourth-order valence-electron chi connectivity index (χ4n) is 2.30. The standard InChI is InChI=1S/C19H20ClNO5/c1-12(13-4-7-15(20)8-5-13)21-18(22)11-26-19(23)14-6-9-16(24-2)17(10-14)25-3/h4-10,12H,11H2,1-3H3,(H,21,22). The van der Waals surface area contributed by atoms with Gasteiger partial charge in [0.05, 0.1) is 25.8 Å². The number of esters is 1. The predicted molar refractivity (Wildman–Crippen MR) is 97.8 cm³/mol. The van der Waals surface area contributed by atoms with Crippen LogP contribution in [0.3, 0.4) is 0 Å². The molecule has 2 rings (SSSR count). The third kappa shape index (κ3) is 5.13.